The Morgan fingerprint density at radius 3 is 2.85 bits per heavy atom. The second-order valence-corrected chi connectivity index (χ2v) is 6.50. The quantitative estimate of drug-likeness (QED) is 0.389. The summed E-state index contributed by atoms with van der Waals surface area (Å²) < 4.78 is 6.01. The normalized spacial score (nSPS) is 13.9. The van der Waals surface area contributed by atoms with Gasteiger partial charge in [-0.3, -0.25) is 9.59 Å². The Morgan fingerprint density at radius 1 is 1.23 bits per heavy atom. The SMILES string of the molecule is O=C(CNC(=O)NCc1ccco1)N/N=C1\C(=O)Nc2ccc(I)cc21. The Hall–Kier alpha value is -2.89. The summed E-state index contributed by atoms with van der Waals surface area (Å²) in [5, 5.41) is 11.5. The van der Waals surface area contributed by atoms with Crippen LogP contribution < -0.4 is 21.4 Å². The molecule has 2 aromatic rings. The van der Waals surface area contributed by atoms with Crippen molar-refractivity contribution < 1.29 is 18.8 Å². The summed E-state index contributed by atoms with van der Waals surface area (Å²) >= 11 is 2.12. The van der Waals surface area contributed by atoms with E-state index in [1.165, 1.54) is 6.26 Å². The lowest BCUT2D eigenvalue weighted by molar-refractivity contribution is -0.120. The number of hydrogen-bond acceptors (Lipinski definition) is 5. The van der Waals surface area contributed by atoms with Gasteiger partial charge in [0, 0.05) is 9.13 Å². The van der Waals surface area contributed by atoms with Crippen molar-refractivity contribution in [2.24, 2.45) is 5.10 Å². The number of halogens is 1. The maximum atomic E-state index is 11.9. The molecule has 4 N–H and O–H groups in total. The van der Waals surface area contributed by atoms with E-state index in [4.69, 9.17) is 4.42 Å². The molecule has 1 aromatic carbocycles. The van der Waals surface area contributed by atoms with Gasteiger partial charge in [-0.15, -0.1) is 0 Å². The first-order valence-corrected chi connectivity index (χ1v) is 8.62. The number of benzene rings is 1. The third kappa shape index (κ3) is 4.39. The van der Waals surface area contributed by atoms with Crippen LogP contribution in [0.1, 0.15) is 11.3 Å². The molecule has 9 nitrogen and oxygen atoms in total. The molecule has 4 amide bonds. The van der Waals surface area contributed by atoms with Crippen molar-refractivity contribution in [3.05, 3.63) is 51.5 Å². The van der Waals surface area contributed by atoms with Gasteiger partial charge in [-0.1, -0.05) is 0 Å². The van der Waals surface area contributed by atoms with Crippen LogP contribution in [-0.2, 0) is 16.1 Å². The van der Waals surface area contributed by atoms with Crippen LogP contribution in [0.3, 0.4) is 0 Å². The van der Waals surface area contributed by atoms with Gasteiger partial charge >= 0.3 is 6.03 Å². The average Bonchev–Trinajstić information content (AvgIpc) is 3.23. The van der Waals surface area contributed by atoms with Crippen molar-refractivity contribution in [1.82, 2.24) is 16.1 Å². The Balaban J connectivity index is 1.49. The summed E-state index contributed by atoms with van der Waals surface area (Å²) in [5.74, 6) is -0.361. The van der Waals surface area contributed by atoms with Crippen LogP contribution in [0.4, 0.5) is 10.5 Å². The highest BCUT2D eigenvalue weighted by molar-refractivity contribution is 14.1. The van der Waals surface area contributed by atoms with Crippen LogP contribution in [0.25, 0.3) is 0 Å². The monoisotopic (exact) mass is 467 g/mol. The molecule has 0 atom stereocenters. The number of carbonyl (C=O) groups is 3. The van der Waals surface area contributed by atoms with Gasteiger partial charge in [-0.05, 0) is 52.9 Å². The van der Waals surface area contributed by atoms with E-state index in [0.717, 1.165) is 3.57 Å². The molecule has 26 heavy (non-hydrogen) atoms. The molecule has 0 unspecified atom stereocenters. The second kappa shape index (κ2) is 7.99. The van der Waals surface area contributed by atoms with Crippen molar-refractivity contribution in [1.29, 1.82) is 0 Å². The first-order chi connectivity index (χ1) is 12.5. The minimum Gasteiger partial charge on any atom is -0.467 e. The molecule has 2 heterocycles. The molecule has 10 heteroatoms. The highest BCUT2D eigenvalue weighted by Crippen LogP contribution is 2.25. The fraction of sp³-hybridized carbons (Fsp3) is 0.125. The van der Waals surface area contributed by atoms with Crippen molar-refractivity contribution in [2.75, 3.05) is 11.9 Å². The number of hydrazone groups is 1. The van der Waals surface area contributed by atoms with E-state index in [9.17, 15) is 14.4 Å². The Bertz CT molecular complexity index is 879. The highest BCUT2D eigenvalue weighted by Gasteiger charge is 2.26. The van der Waals surface area contributed by atoms with Gasteiger partial charge in [0.05, 0.1) is 18.5 Å². The van der Waals surface area contributed by atoms with E-state index in [1.54, 1.807) is 24.3 Å². The van der Waals surface area contributed by atoms with Gasteiger partial charge in [-0.25, -0.2) is 10.2 Å². The van der Waals surface area contributed by atoms with Crippen LogP contribution in [0.5, 0.6) is 0 Å². The fourth-order valence-electron chi connectivity index (χ4n) is 2.20. The molecule has 0 radical (unpaired) electrons. The summed E-state index contributed by atoms with van der Waals surface area (Å²) in [6, 6.07) is 8.31. The van der Waals surface area contributed by atoms with Crippen LogP contribution in [0.2, 0.25) is 0 Å². The van der Waals surface area contributed by atoms with Crippen molar-refractivity contribution >= 4 is 51.8 Å². The molecule has 0 spiro atoms. The van der Waals surface area contributed by atoms with Crippen LogP contribution in [0, 0.1) is 3.57 Å². The van der Waals surface area contributed by atoms with E-state index >= 15 is 0 Å². The number of rotatable bonds is 5. The molecular formula is C16H14IN5O4. The summed E-state index contributed by atoms with van der Waals surface area (Å²) in [7, 11) is 0. The van der Waals surface area contributed by atoms with Gasteiger partial charge in [0.15, 0.2) is 5.71 Å². The van der Waals surface area contributed by atoms with Gasteiger partial charge in [0.25, 0.3) is 11.8 Å². The lowest BCUT2D eigenvalue weighted by Gasteiger charge is -2.05. The van der Waals surface area contributed by atoms with Crippen molar-refractivity contribution in [3.63, 3.8) is 0 Å². The summed E-state index contributed by atoms with van der Waals surface area (Å²) in [6.07, 6.45) is 1.50. The molecule has 1 aliphatic heterocycles. The van der Waals surface area contributed by atoms with Gasteiger partial charge in [0.1, 0.15) is 12.3 Å². The maximum absolute atomic E-state index is 11.9. The minimum absolute atomic E-state index is 0.120. The molecule has 0 saturated heterocycles. The Labute approximate surface area is 161 Å². The predicted octanol–water partition coefficient (Wildman–Crippen LogP) is 1.16. The number of furan rings is 1. The lowest BCUT2D eigenvalue weighted by Crippen LogP contribution is -2.41. The topological polar surface area (TPSA) is 125 Å². The fourth-order valence-corrected chi connectivity index (χ4v) is 2.69. The standard InChI is InChI=1S/C16H14IN5O4/c17-9-3-4-12-11(6-9)14(15(24)20-12)22-21-13(23)8-19-16(25)18-7-10-2-1-5-26-10/h1-6H,7-8H2,(H,21,23)(H2,18,19,25)(H,20,22,24). The number of nitrogens with one attached hydrogen (secondary N) is 4. The smallest absolute Gasteiger partial charge is 0.315 e. The van der Waals surface area contributed by atoms with E-state index < -0.39 is 17.8 Å². The first kappa shape index (κ1) is 17.9. The average molecular weight is 467 g/mol. The summed E-state index contributed by atoms with van der Waals surface area (Å²) in [4.78, 5) is 35.4. The number of fused-ring (bicyclic) bond motifs is 1. The van der Waals surface area contributed by atoms with Gasteiger partial charge in [0.2, 0.25) is 0 Å². The zero-order valence-electron chi connectivity index (χ0n) is 13.3. The van der Waals surface area contributed by atoms with Crippen molar-refractivity contribution in [3.8, 4) is 0 Å². The second-order valence-electron chi connectivity index (χ2n) is 5.26. The highest BCUT2D eigenvalue weighted by atomic mass is 127. The van der Waals surface area contributed by atoms with Gasteiger partial charge < -0.3 is 20.4 Å². The van der Waals surface area contributed by atoms with Crippen LogP contribution in [-0.4, -0.2) is 30.1 Å². The Kier molecular flexibility index (Phi) is 5.51. The zero-order chi connectivity index (χ0) is 18.5. The number of hydrogen-bond donors (Lipinski definition) is 4. The molecule has 0 saturated carbocycles. The predicted molar refractivity (Wildman–Crippen MR) is 101 cm³/mol. The molecule has 3 rings (SSSR count). The molecule has 0 bridgehead atoms. The molecular weight excluding hydrogens is 453 g/mol. The summed E-state index contributed by atoms with van der Waals surface area (Å²) in [6.45, 7) is -0.0834. The van der Waals surface area contributed by atoms with E-state index in [0.29, 0.717) is 17.0 Å². The number of carbonyl (C=O) groups excluding carboxylic acids is 3. The number of urea groups is 1. The van der Waals surface area contributed by atoms with Crippen LogP contribution >= 0.6 is 22.6 Å². The van der Waals surface area contributed by atoms with Gasteiger partial charge in [-0.2, -0.15) is 5.10 Å². The number of amides is 4. The minimum atomic E-state index is -0.558. The molecule has 1 aromatic heterocycles. The van der Waals surface area contributed by atoms with E-state index in [1.807, 2.05) is 6.07 Å². The zero-order valence-corrected chi connectivity index (χ0v) is 15.5. The third-order valence-corrected chi connectivity index (χ3v) is 4.08. The van der Waals surface area contributed by atoms with E-state index in [-0.39, 0.29) is 18.8 Å². The third-order valence-electron chi connectivity index (χ3n) is 3.41. The Morgan fingerprint density at radius 2 is 2.08 bits per heavy atom. The summed E-state index contributed by atoms with van der Waals surface area (Å²) in [5.41, 5.74) is 3.64. The van der Waals surface area contributed by atoms with Crippen molar-refractivity contribution in [2.45, 2.75) is 6.54 Å². The molecule has 134 valence electrons. The van der Waals surface area contributed by atoms with Crippen LogP contribution in [0.15, 0.2) is 46.1 Å². The lowest BCUT2D eigenvalue weighted by atomic mass is 10.1. The first-order valence-electron chi connectivity index (χ1n) is 7.55. The number of anilines is 1. The number of nitrogens with zero attached hydrogens (tertiary/aromatic N) is 1. The molecule has 0 fully saturated rings. The largest absolute Gasteiger partial charge is 0.467 e. The molecule has 1 aliphatic rings. The maximum Gasteiger partial charge on any atom is 0.315 e. The molecule has 0 aliphatic carbocycles. The van der Waals surface area contributed by atoms with E-state index in [2.05, 4.69) is 49.1 Å².